The van der Waals surface area contributed by atoms with Crippen molar-refractivity contribution in [1.82, 2.24) is 24.5 Å². The molecule has 0 atom stereocenters. The minimum absolute atomic E-state index is 0.140. The number of nitrogens with one attached hydrogen (secondary N) is 2. The van der Waals surface area contributed by atoms with Crippen molar-refractivity contribution in [2.75, 3.05) is 24.2 Å². The van der Waals surface area contributed by atoms with E-state index in [2.05, 4.69) is 25.7 Å². The molecule has 10 nitrogen and oxygen atoms in total. The van der Waals surface area contributed by atoms with E-state index in [-0.39, 0.29) is 22.5 Å². The largest absolute Gasteiger partial charge is 0.392 e. The molecule has 1 amide bonds. The standard InChI is InChI=1S/C28H26FN7O3S/c1-34-9-10-36-17(14-34)12-25(33-36)30-22-13-21(32-35(2)28(22)39)18-7-8-20(29)26(19(18)15-37)31-27(38)24-11-16-5-3-4-6-23(16)40-24/h3-8,11-13,37H,9-10,14-15H2,1-2H3,(H,30,33)(H,31,38). The van der Waals surface area contributed by atoms with Gasteiger partial charge in [-0.25, -0.2) is 9.07 Å². The number of hydrogen-bond acceptors (Lipinski definition) is 8. The summed E-state index contributed by atoms with van der Waals surface area (Å²) in [4.78, 5) is 28.6. The van der Waals surface area contributed by atoms with Crippen LogP contribution in [0.5, 0.6) is 0 Å². The zero-order valence-corrected chi connectivity index (χ0v) is 22.6. The zero-order valence-electron chi connectivity index (χ0n) is 21.8. The lowest BCUT2D eigenvalue weighted by Gasteiger charge is -2.22. The van der Waals surface area contributed by atoms with Gasteiger partial charge in [0.25, 0.3) is 11.5 Å². The Morgan fingerprint density at radius 2 is 1.93 bits per heavy atom. The van der Waals surface area contributed by atoms with Crippen LogP contribution >= 0.6 is 11.3 Å². The van der Waals surface area contributed by atoms with E-state index in [1.807, 2.05) is 42.1 Å². The van der Waals surface area contributed by atoms with E-state index < -0.39 is 18.3 Å². The molecule has 3 aromatic heterocycles. The minimum Gasteiger partial charge on any atom is -0.392 e. The lowest BCUT2D eigenvalue weighted by molar-refractivity contribution is 0.103. The summed E-state index contributed by atoms with van der Waals surface area (Å²) < 4.78 is 19.0. The van der Waals surface area contributed by atoms with Crippen molar-refractivity contribution in [3.63, 3.8) is 0 Å². The Bertz CT molecular complexity index is 1790. The highest BCUT2D eigenvalue weighted by Crippen LogP contribution is 2.33. The molecule has 0 spiro atoms. The summed E-state index contributed by atoms with van der Waals surface area (Å²) in [6.07, 6.45) is 0. The van der Waals surface area contributed by atoms with Gasteiger partial charge in [0.05, 0.1) is 35.1 Å². The molecular formula is C28H26FN7O3S. The number of aliphatic hydroxyl groups excluding tert-OH is 1. The van der Waals surface area contributed by atoms with Crippen LogP contribution in [0.3, 0.4) is 0 Å². The van der Waals surface area contributed by atoms with Crippen molar-refractivity contribution in [3.8, 4) is 11.3 Å². The van der Waals surface area contributed by atoms with Gasteiger partial charge in [-0.1, -0.05) is 18.2 Å². The predicted molar refractivity (Wildman–Crippen MR) is 152 cm³/mol. The maximum absolute atomic E-state index is 15.0. The topological polar surface area (TPSA) is 117 Å². The summed E-state index contributed by atoms with van der Waals surface area (Å²) in [6, 6.07) is 15.4. The van der Waals surface area contributed by atoms with Crippen molar-refractivity contribution in [3.05, 3.63) is 86.9 Å². The number of fused-ring (bicyclic) bond motifs is 2. The van der Waals surface area contributed by atoms with Gasteiger partial charge in [-0.3, -0.25) is 19.2 Å². The Balaban J connectivity index is 1.35. The van der Waals surface area contributed by atoms with Crippen LogP contribution in [0, 0.1) is 5.82 Å². The van der Waals surface area contributed by atoms with E-state index in [9.17, 15) is 14.7 Å². The molecular weight excluding hydrogens is 533 g/mol. The van der Waals surface area contributed by atoms with E-state index >= 15 is 4.39 Å². The normalized spacial score (nSPS) is 13.4. The number of likely N-dealkylation sites (N-methyl/N-ethyl adjacent to an activating group) is 1. The molecule has 1 aliphatic heterocycles. The van der Waals surface area contributed by atoms with Crippen LogP contribution < -0.4 is 16.2 Å². The number of anilines is 3. The van der Waals surface area contributed by atoms with Crippen molar-refractivity contribution in [2.24, 2.45) is 7.05 Å². The Kier molecular flexibility index (Phi) is 6.66. The van der Waals surface area contributed by atoms with Gasteiger partial charge in [0, 0.05) is 42.0 Å². The number of halogens is 1. The molecule has 0 bridgehead atoms. The lowest BCUT2D eigenvalue weighted by Crippen LogP contribution is -2.30. The first-order valence-electron chi connectivity index (χ1n) is 12.6. The van der Waals surface area contributed by atoms with Crippen LogP contribution in [0.25, 0.3) is 21.3 Å². The Morgan fingerprint density at radius 1 is 1.10 bits per heavy atom. The summed E-state index contributed by atoms with van der Waals surface area (Å²) in [5.41, 5.74) is 1.57. The summed E-state index contributed by atoms with van der Waals surface area (Å²) in [5.74, 6) is -0.659. The molecule has 40 heavy (non-hydrogen) atoms. The number of aromatic nitrogens is 4. The third-order valence-corrected chi connectivity index (χ3v) is 8.01. The van der Waals surface area contributed by atoms with Crippen LogP contribution in [0.4, 0.5) is 21.6 Å². The van der Waals surface area contributed by atoms with Gasteiger partial charge in [0.15, 0.2) is 5.82 Å². The molecule has 1 aliphatic rings. The van der Waals surface area contributed by atoms with Crippen LogP contribution in [0.1, 0.15) is 20.9 Å². The molecule has 12 heteroatoms. The number of carbonyl (C=O) groups is 1. The fraction of sp³-hybridized carbons (Fsp3) is 0.214. The number of rotatable bonds is 6. The predicted octanol–water partition coefficient (Wildman–Crippen LogP) is 3.93. The van der Waals surface area contributed by atoms with Crippen molar-refractivity contribution in [1.29, 1.82) is 0 Å². The molecule has 0 saturated heterocycles. The molecule has 0 radical (unpaired) electrons. The number of thiophene rings is 1. The highest BCUT2D eigenvalue weighted by atomic mass is 32.1. The third-order valence-electron chi connectivity index (χ3n) is 6.90. The van der Waals surface area contributed by atoms with Crippen molar-refractivity contribution < 1.29 is 14.3 Å². The van der Waals surface area contributed by atoms with Gasteiger partial charge in [0.2, 0.25) is 0 Å². The van der Waals surface area contributed by atoms with Crippen LogP contribution in [-0.4, -0.2) is 49.1 Å². The lowest BCUT2D eigenvalue weighted by atomic mass is 10.0. The van der Waals surface area contributed by atoms with E-state index in [0.29, 0.717) is 22.0 Å². The number of amides is 1. The maximum atomic E-state index is 15.0. The average molecular weight is 560 g/mol. The van der Waals surface area contributed by atoms with Gasteiger partial charge in [0.1, 0.15) is 11.5 Å². The van der Waals surface area contributed by atoms with E-state index in [1.54, 1.807) is 6.07 Å². The summed E-state index contributed by atoms with van der Waals surface area (Å²) in [5, 5.41) is 25.8. The Hall–Kier alpha value is -4.39. The van der Waals surface area contributed by atoms with Crippen molar-refractivity contribution >= 4 is 44.5 Å². The molecule has 0 fully saturated rings. The summed E-state index contributed by atoms with van der Waals surface area (Å²) >= 11 is 1.29. The maximum Gasteiger partial charge on any atom is 0.290 e. The quantitative estimate of drug-likeness (QED) is 0.289. The van der Waals surface area contributed by atoms with E-state index in [4.69, 9.17) is 0 Å². The molecule has 0 saturated carbocycles. The first-order chi connectivity index (χ1) is 19.3. The number of aryl methyl sites for hydroxylation is 1. The Labute approximate surface area is 232 Å². The SMILES string of the molecule is CN1CCn2nc(Nc3cc(-c4ccc(F)c(NC(=O)c5cc6ccccc6s5)c4CO)nn(C)c3=O)cc2C1. The number of hydrogen-bond donors (Lipinski definition) is 3. The molecule has 4 heterocycles. The van der Waals surface area contributed by atoms with Crippen molar-refractivity contribution in [2.45, 2.75) is 19.7 Å². The summed E-state index contributed by atoms with van der Waals surface area (Å²) in [7, 11) is 3.55. The number of aliphatic hydroxyl groups is 1. The molecule has 6 rings (SSSR count). The smallest absolute Gasteiger partial charge is 0.290 e. The molecule has 0 aliphatic carbocycles. The van der Waals surface area contributed by atoms with E-state index in [0.717, 1.165) is 35.4 Å². The van der Waals surface area contributed by atoms with Gasteiger partial charge < -0.3 is 15.7 Å². The van der Waals surface area contributed by atoms with Gasteiger partial charge >= 0.3 is 0 Å². The molecule has 3 N–H and O–H groups in total. The molecule has 5 aromatic rings. The fourth-order valence-corrected chi connectivity index (χ4v) is 5.81. The highest BCUT2D eigenvalue weighted by Gasteiger charge is 2.21. The van der Waals surface area contributed by atoms with E-state index in [1.165, 1.54) is 41.3 Å². The van der Waals surface area contributed by atoms with Gasteiger partial charge in [-0.15, -0.1) is 11.3 Å². The van der Waals surface area contributed by atoms with Gasteiger partial charge in [-0.05, 0) is 42.8 Å². The average Bonchev–Trinajstić information content (AvgIpc) is 3.55. The first kappa shape index (κ1) is 25.9. The molecule has 0 unspecified atom stereocenters. The second kappa shape index (κ2) is 10.3. The van der Waals surface area contributed by atoms with Crippen LogP contribution in [-0.2, 0) is 26.7 Å². The number of benzene rings is 2. The molecule has 204 valence electrons. The first-order valence-corrected chi connectivity index (χ1v) is 13.5. The highest BCUT2D eigenvalue weighted by molar-refractivity contribution is 7.20. The van der Waals surface area contributed by atoms with Crippen LogP contribution in [0.2, 0.25) is 0 Å². The number of nitrogens with zero attached hydrogens (tertiary/aromatic N) is 5. The Morgan fingerprint density at radius 3 is 2.73 bits per heavy atom. The molecule has 2 aromatic carbocycles. The number of carbonyl (C=O) groups excluding carboxylic acids is 1. The second-order valence-corrected chi connectivity index (χ2v) is 10.8. The minimum atomic E-state index is -0.695. The van der Waals surface area contributed by atoms with Gasteiger partial charge in [-0.2, -0.15) is 10.2 Å². The monoisotopic (exact) mass is 559 g/mol. The van der Waals surface area contributed by atoms with Crippen LogP contribution in [0.15, 0.2) is 59.4 Å². The third kappa shape index (κ3) is 4.76. The summed E-state index contributed by atoms with van der Waals surface area (Å²) in [6.45, 7) is 1.81. The second-order valence-electron chi connectivity index (χ2n) is 9.69. The zero-order chi connectivity index (χ0) is 28.0. The fourth-order valence-electron chi connectivity index (χ4n) is 4.85.